The Kier molecular flexibility index (Phi) is 5.27. The third-order valence-corrected chi connectivity index (χ3v) is 5.74. The van der Waals surface area contributed by atoms with E-state index in [0.717, 1.165) is 24.3 Å². The van der Waals surface area contributed by atoms with Crippen LogP contribution in [-0.4, -0.2) is 55.6 Å². The summed E-state index contributed by atoms with van der Waals surface area (Å²) in [5.74, 6) is 2.46. The van der Waals surface area contributed by atoms with E-state index < -0.39 is 0 Å². The highest BCUT2D eigenvalue weighted by molar-refractivity contribution is 4.92. The summed E-state index contributed by atoms with van der Waals surface area (Å²) in [4.78, 5) is 4.97. The Morgan fingerprint density at radius 3 is 2.47 bits per heavy atom. The first kappa shape index (κ1) is 15.3. The molecule has 0 radical (unpaired) electrons. The fourth-order valence-corrected chi connectivity index (χ4v) is 3.97. The number of likely N-dealkylation sites (N-methyl/N-ethyl adjacent to an activating group) is 2. The topological polar surface area (TPSA) is 32.5 Å². The molecule has 2 rings (SSSR count). The average Bonchev–Trinajstić information content (AvgIpc) is 2.54. The van der Waals surface area contributed by atoms with Crippen molar-refractivity contribution in [2.45, 2.75) is 51.6 Å². The van der Waals surface area contributed by atoms with E-state index in [9.17, 15) is 0 Å². The van der Waals surface area contributed by atoms with E-state index in [1.54, 1.807) is 0 Å². The van der Waals surface area contributed by atoms with Crippen molar-refractivity contribution < 1.29 is 0 Å². The molecule has 1 saturated heterocycles. The molecule has 5 atom stereocenters. The second-order valence-corrected chi connectivity index (χ2v) is 7.27. The quantitative estimate of drug-likeness (QED) is 0.831. The molecule has 2 N–H and O–H groups in total. The Morgan fingerprint density at radius 2 is 1.79 bits per heavy atom. The standard InChI is InChI=1S/C16H33N3/c1-12-6-7-14(10-13(12)2)16(17)15-11-18(3)8-5-9-19(15)4/h12-16H,5-11,17H2,1-4H3. The first-order chi connectivity index (χ1) is 8.99. The van der Waals surface area contributed by atoms with Gasteiger partial charge >= 0.3 is 0 Å². The summed E-state index contributed by atoms with van der Waals surface area (Å²) < 4.78 is 0. The zero-order valence-electron chi connectivity index (χ0n) is 13.3. The Morgan fingerprint density at radius 1 is 1.05 bits per heavy atom. The maximum Gasteiger partial charge on any atom is 0.0373 e. The molecule has 1 heterocycles. The van der Waals surface area contributed by atoms with Crippen molar-refractivity contribution in [2.75, 3.05) is 33.7 Å². The highest BCUT2D eigenvalue weighted by Crippen LogP contribution is 2.35. The van der Waals surface area contributed by atoms with Crippen LogP contribution in [0.5, 0.6) is 0 Å². The lowest BCUT2D eigenvalue weighted by Crippen LogP contribution is -2.54. The Bertz CT molecular complexity index is 281. The van der Waals surface area contributed by atoms with Gasteiger partial charge in [0.2, 0.25) is 0 Å². The maximum absolute atomic E-state index is 6.68. The molecule has 3 heteroatoms. The van der Waals surface area contributed by atoms with Crippen molar-refractivity contribution in [3.05, 3.63) is 0 Å². The first-order valence-electron chi connectivity index (χ1n) is 8.13. The minimum Gasteiger partial charge on any atom is -0.326 e. The first-order valence-corrected chi connectivity index (χ1v) is 8.13. The molecule has 0 bridgehead atoms. The third-order valence-electron chi connectivity index (χ3n) is 5.74. The third kappa shape index (κ3) is 3.71. The summed E-state index contributed by atoms with van der Waals surface area (Å²) in [6, 6.07) is 0.888. The van der Waals surface area contributed by atoms with Crippen molar-refractivity contribution in [3.8, 4) is 0 Å². The summed E-state index contributed by atoms with van der Waals surface area (Å²) in [5, 5.41) is 0. The van der Waals surface area contributed by atoms with Gasteiger partial charge in [-0.25, -0.2) is 0 Å². The van der Waals surface area contributed by atoms with Crippen LogP contribution in [0.25, 0.3) is 0 Å². The number of nitrogens with zero attached hydrogens (tertiary/aromatic N) is 2. The fraction of sp³-hybridized carbons (Fsp3) is 1.00. The van der Waals surface area contributed by atoms with Crippen LogP contribution in [0.2, 0.25) is 0 Å². The molecule has 19 heavy (non-hydrogen) atoms. The van der Waals surface area contributed by atoms with E-state index in [1.807, 2.05) is 0 Å². The summed E-state index contributed by atoms with van der Waals surface area (Å²) >= 11 is 0. The largest absolute Gasteiger partial charge is 0.326 e. The highest BCUT2D eigenvalue weighted by Gasteiger charge is 2.35. The van der Waals surface area contributed by atoms with Crippen molar-refractivity contribution in [2.24, 2.45) is 23.5 Å². The number of hydrogen-bond donors (Lipinski definition) is 1. The van der Waals surface area contributed by atoms with Gasteiger partial charge in [0, 0.05) is 18.6 Å². The molecule has 0 aromatic carbocycles. The van der Waals surface area contributed by atoms with Crippen molar-refractivity contribution >= 4 is 0 Å². The zero-order valence-corrected chi connectivity index (χ0v) is 13.3. The lowest BCUT2D eigenvalue weighted by atomic mass is 9.72. The molecule has 1 saturated carbocycles. The van der Waals surface area contributed by atoms with E-state index >= 15 is 0 Å². The normalized spacial score (nSPS) is 40.9. The maximum atomic E-state index is 6.68. The SMILES string of the molecule is CC1CCC(C(N)C2CN(C)CCCN2C)CC1C. The minimum atomic E-state index is 0.348. The molecule has 112 valence electrons. The molecule has 2 fully saturated rings. The van der Waals surface area contributed by atoms with Crippen LogP contribution in [0, 0.1) is 17.8 Å². The molecule has 5 unspecified atom stereocenters. The second kappa shape index (κ2) is 6.55. The highest BCUT2D eigenvalue weighted by atomic mass is 15.2. The molecule has 0 spiro atoms. The lowest BCUT2D eigenvalue weighted by Gasteiger charge is -2.41. The van der Waals surface area contributed by atoms with Gasteiger partial charge in [-0.15, -0.1) is 0 Å². The van der Waals surface area contributed by atoms with Crippen LogP contribution in [-0.2, 0) is 0 Å². The lowest BCUT2D eigenvalue weighted by molar-refractivity contribution is 0.117. The van der Waals surface area contributed by atoms with E-state index in [4.69, 9.17) is 5.73 Å². The van der Waals surface area contributed by atoms with E-state index in [1.165, 1.54) is 38.8 Å². The van der Waals surface area contributed by atoms with Crippen molar-refractivity contribution in [1.82, 2.24) is 9.80 Å². The van der Waals surface area contributed by atoms with Gasteiger partial charge in [-0.05, 0) is 64.2 Å². The number of hydrogen-bond acceptors (Lipinski definition) is 3. The van der Waals surface area contributed by atoms with Gasteiger partial charge in [0.15, 0.2) is 0 Å². The van der Waals surface area contributed by atoms with Crippen LogP contribution in [0.4, 0.5) is 0 Å². The Balaban J connectivity index is 1.98. The molecule has 0 amide bonds. The van der Waals surface area contributed by atoms with E-state index in [0.29, 0.717) is 12.1 Å². The van der Waals surface area contributed by atoms with Crippen LogP contribution in [0.15, 0.2) is 0 Å². The van der Waals surface area contributed by atoms with Gasteiger partial charge in [0.25, 0.3) is 0 Å². The smallest absolute Gasteiger partial charge is 0.0373 e. The van der Waals surface area contributed by atoms with Crippen molar-refractivity contribution in [1.29, 1.82) is 0 Å². The van der Waals surface area contributed by atoms with Crippen molar-refractivity contribution in [3.63, 3.8) is 0 Å². The second-order valence-electron chi connectivity index (χ2n) is 7.27. The monoisotopic (exact) mass is 267 g/mol. The summed E-state index contributed by atoms with van der Waals surface area (Å²) in [6.45, 7) is 8.36. The summed E-state index contributed by atoms with van der Waals surface area (Å²) in [5.41, 5.74) is 6.68. The van der Waals surface area contributed by atoms with Crippen LogP contribution in [0.3, 0.4) is 0 Å². The minimum absolute atomic E-state index is 0.348. The Labute approximate surface area is 119 Å². The molecule has 3 nitrogen and oxygen atoms in total. The average molecular weight is 267 g/mol. The predicted octanol–water partition coefficient (Wildman–Crippen LogP) is 2.02. The van der Waals surface area contributed by atoms with E-state index in [2.05, 4.69) is 37.7 Å². The van der Waals surface area contributed by atoms with Gasteiger partial charge in [-0.2, -0.15) is 0 Å². The van der Waals surface area contributed by atoms with Gasteiger partial charge in [-0.1, -0.05) is 20.3 Å². The van der Waals surface area contributed by atoms with Gasteiger partial charge < -0.3 is 15.5 Å². The fourth-order valence-electron chi connectivity index (χ4n) is 3.97. The molecule has 0 aromatic heterocycles. The van der Waals surface area contributed by atoms with Crippen LogP contribution in [0.1, 0.15) is 39.5 Å². The molecule has 2 aliphatic rings. The summed E-state index contributed by atoms with van der Waals surface area (Å²) in [7, 11) is 4.50. The molecular weight excluding hydrogens is 234 g/mol. The number of rotatable bonds is 2. The van der Waals surface area contributed by atoms with E-state index in [-0.39, 0.29) is 0 Å². The Hall–Kier alpha value is -0.120. The zero-order chi connectivity index (χ0) is 14.0. The summed E-state index contributed by atoms with van der Waals surface area (Å²) in [6.07, 6.45) is 5.30. The molecule has 1 aliphatic carbocycles. The van der Waals surface area contributed by atoms with Crippen LogP contribution >= 0.6 is 0 Å². The van der Waals surface area contributed by atoms with Crippen LogP contribution < -0.4 is 5.73 Å². The van der Waals surface area contributed by atoms with Gasteiger partial charge in [-0.3, -0.25) is 0 Å². The predicted molar refractivity (Wildman–Crippen MR) is 82.2 cm³/mol. The van der Waals surface area contributed by atoms with Gasteiger partial charge in [0.1, 0.15) is 0 Å². The molecule has 0 aromatic rings. The number of nitrogens with two attached hydrogens (primary N) is 1. The molecular formula is C16H33N3. The van der Waals surface area contributed by atoms with Gasteiger partial charge in [0.05, 0.1) is 0 Å². The molecule has 1 aliphatic heterocycles.